The van der Waals surface area contributed by atoms with E-state index in [9.17, 15) is 19.2 Å². The van der Waals surface area contributed by atoms with Gasteiger partial charge in [0.25, 0.3) is 17.7 Å². The van der Waals surface area contributed by atoms with Crippen molar-refractivity contribution in [2.75, 3.05) is 18.6 Å². The number of hydrogen-bond donors (Lipinski definition) is 2. The van der Waals surface area contributed by atoms with E-state index in [1.165, 1.54) is 43.5 Å². The molecule has 10 heteroatoms. The molecule has 5 amide bonds. The number of benzene rings is 2. The largest absolute Gasteiger partial charge is 0.497 e. The highest BCUT2D eigenvalue weighted by atomic mass is 35.5. The van der Waals surface area contributed by atoms with Gasteiger partial charge in [0.2, 0.25) is 0 Å². The molecule has 0 aromatic heterocycles. The molecule has 154 valence electrons. The monoisotopic (exact) mass is 429 g/mol. The Bertz CT molecular complexity index is 1060. The number of nitrogens with one attached hydrogen (secondary N) is 1. The summed E-state index contributed by atoms with van der Waals surface area (Å²) in [5.74, 6) is -1.53. The van der Waals surface area contributed by atoms with Crippen LogP contribution >= 0.6 is 11.6 Å². The summed E-state index contributed by atoms with van der Waals surface area (Å²) in [6.07, 6.45) is 1.30. The first kappa shape index (κ1) is 20.9. The van der Waals surface area contributed by atoms with Crippen LogP contribution in [-0.2, 0) is 14.4 Å². The van der Waals surface area contributed by atoms with Gasteiger partial charge in [-0.3, -0.25) is 19.7 Å². The third kappa shape index (κ3) is 4.41. The van der Waals surface area contributed by atoms with Gasteiger partial charge in [-0.15, -0.1) is 0 Å². The SMILES string of the molecule is COc1ccc(N2C(=O)NC(=O)C(=Cc3ccc(OCC(N)=O)c(Cl)c3)C2=O)cc1. The lowest BCUT2D eigenvalue weighted by Crippen LogP contribution is -2.54. The molecule has 0 saturated carbocycles. The zero-order valence-electron chi connectivity index (χ0n) is 15.7. The van der Waals surface area contributed by atoms with E-state index < -0.39 is 23.8 Å². The molecule has 0 atom stereocenters. The van der Waals surface area contributed by atoms with Crippen LogP contribution in [0.3, 0.4) is 0 Å². The molecular weight excluding hydrogens is 414 g/mol. The van der Waals surface area contributed by atoms with Crippen molar-refractivity contribution in [2.45, 2.75) is 0 Å². The average molecular weight is 430 g/mol. The summed E-state index contributed by atoms with van der Waals surface area (Å²) in [6.45, 7) is -0.347. The van der Waals surface area contributed by atoms with E-state index in [0.717, 1.165) is 4.90 Å². The highest BCUT2D eigenvalue weighted by molar-refractivity contribution is 6.39. The van der Waals surface area contributed by atoms with Crippen LogP contribution in [0, 0.1) is 0 Å². The van der Waals surface area contributed by atoms with Gasteiger partial charge in [0.05, 0.1) is 17.8 Å². The molecule has 2 aromatic rings. The van der Waals surface area contributed by atoms with E-state index in [-0.39, 0.29) is 28.6 Å². The van der Waals surface area contributed by atoms with E-state index in [1.807, 2.05) is 0 Å². The van der Waals surface area contributed by atoms with Gasteiger partial charge >= 0.3 is 6.03 Å². The molecule has 1 aliphatic heterocycles. The first-order chi connectivity index (χ1) is 14.3. The fourth-order valence-corrected chi connectivity index (χ4v) is 2.91. The summed E-state index contributed by atoms with van der Waals surface area (Å²) in [7, 11) is 1.49. The molecule has 3 rings (SSSR count). The second-order valence-corrected chi connectivity index (χ2v) is 6.51. The summed E-state index contributed by atoms with van der Waals surface area (Å²) in [5, 5.41) is 2.28. The van der Waals surface area contributed by atoms with Crippen molar-refractivity contribution in [1.82, 2.24) is 5.32 Å². The molecule has 9 nitrogen and oxygen atoms in total. The van der Waals surface area contributed by atoms with Crippen molar-refractivity contribution in [2.24, 2.45) is 5.73 Å². The molecule has 0 aliphatic carbocycles. The number of halogens is 1. The molecule has 3 N–H and O–H groups in total. The Morgan fingerprint density at radius 1 is 1.17 bits per heavy atom. The highest BCUT2D eigenvalue weighted by Gasteiger charge is 2.36. The van der Waals surface area contributed by atoms with Crippen molar-refractivity contribution >= 4 is 47.1 Å². The van der Waals surface area contributed by atoms with E-state index in [2.05, 4.69) is 5.32 Å². The minimum Gasteiger partial charge on any atom is -0.497 e. The van der Waals surface area contributed by atoms with Gasteiger partial charge in [-0.1, -0.05) is 17.7 Å². The van der Waals surface area contributed by atoms with Crippen LogP contribution < -0.4 is 25.4 Å². The maximum Gasteiger partial charge on any atom is 0.335 e. The van der Waals surface area contributed by atoms with Crippen molar-refractivity contribution in [1.29, 1.82) is 0 Å². The fraction of sp³-hybridized carbons (Fsp3) is 0.100. The molecule has 0 radical (unpaired) electrons. The third-order valence-corrected chi connectivity index (χ3v) is 4.36. The summed E-state index contributed by atoms with van der Waals surface area (Å²) in [4.78, 5) is 49.0. The number of hydrogen-bond acceptors (Lipinski definition) is 6. The topological polar surface area (TPSA) is 128 Å². The van der Waals surface area contributed by atoms with Crippen LogP contribution in [0.2, 0.25) is 5.02 Å². The zero-order valence-corrected chi connectivity index (χ0v) is 16.4. The van der Waals surface area contributed by atoms with Gasteiger partial charge in [0.1, 0.15) is 17.1 Å². The second kappa shape index (κ2) is 8.66. The summed E-state index contributed by atoms with van der Waals surface area (Å²) >= 11 is 6.11. The Labute approximate surface area is 176 Å². The number of anilines is 1. The van der Waals surface area contributed by atoms with E-state index >= 15 is 0 Å². The third-order valence-electron chi connectivity index (χ3n) is 4.07. The first-order valence-electron chi connectivity index (χ1n) is 8.56. The molecule has 30 heavy (non-hydrogen) atoms. The Hall–Kier alpha value is -3.85. The number of imide groups is 2. The number of nitrogens with zero attached hydrogens (tertiary/aromatic N) is 1. The summed E-state index contributed by atoms with van der Waals surface area (Å²) < 4.78 is 10.2. The van der Waals surface area contributed by atoms with Gasteiger partial charge in [-0.05, 0) is 48.0 Å². The fourth-order valence-electron chi connectivity index (χ4n) is 2.66. The summed E-state index contributed by atoms with van der Waals surface area (Å²) in [5.41, 5.74) is 5.45. The highest BCUT2D eigenvalue weighted by Crippen LogP contribution is 2.28. The second-order valence-electron chi connectivity index (χ2n) is 6.10. The molecule has 1 aliphatic rings. The summed E-state index contributed by atoms with van der Waals surface area (Å²) in [6, 6.07) is 9.79. The van der Waals surface area contributed by atoms with Crippen LogP contribution in [-0.4, -0.2) is 37.5 Å². The van der Waals surface area contributed by atoms with Crippen LogP contribution in [0.15, 0.2) is 48.0 Å². The van der Waals surface area contributed by atoms with Crippen LogP contribution in [0.25, 0.3) is 6.08 Å². The number of urea groups is 1. The standard InChI is InChI=1S/C20H16ClN3O6/c1-29-13-5-3-12(4-6-13)24-19(27)14(18(26)23-20(24)28)8-11-2-7-16(15(21)9-11)30-10-17(22)25/h2-9H,10H2,1H3,(H2,22,25)(H,23,26,28). The van der Waals surface area contributed by atoms with Crippen molar-refractivity contribution in [3.05, 3.63) is 58.6 Å². The van der Waals surface area contributed by atoms with Crippen LogP contribution in [0.5, 0.6) is 11.5 Å². The van der Waals surface area contributed by atoms with Crippen LogP contribution in [0.1, 0.15) is 5.56 Å². The Morgan fingerprint density at radius 2 is 1.87 bits per heavy atom. The van der Waals surface area contributed by atoms with Crippen molar-refractivity contribution in [3.63, 3.8) is 0 Å². The Kier molecular flexibility index (Phi) is 6.03. The number of nitrogens with two attached hydrogens (primary N) is 1. The number of carbonyl (C=O) groups is 4. The predicted molar refractivity (Wildman–Crippen MR) is 108 cm³/mol. The van der Waals surface area contributed by atoms with E-state index in [4.69, 9.17) is 26.8 Å². The Balaban J connectivity index is 1.90. The van der Waals surface area contributed by atoms with Gasteiger partial charge in [-0.25, -0.2) is 9.69 Å². The molecule has 0 bridgehead atoms. The smallest absolute Gasteiger partial charge is 0.335 e. The predicted octanol–water partition coefficient (Wildman–Crippen LogP) is 1.88. The Morgan fingerprint density at radius 3 is 2.47 bits per heavy atom. The molecule has 0 unspecified atom stereocenters. The minimum atomic E-state index is -0.861. The normalized spacial score (nSPS) is 15.2. The van der Waals surface area contributed by atoms with Gasteiger partial charge in [-0.2, -0.15) is 0 Å². The van der Waals surface area contributed by atoms with Gasteiger partial charge in [0.15, 0.2) is 6.61 Å². The lowest BCUT2D eigenvalue weighted by molar-refractivity contribution is -0.123. The molecule has 2 aromatic carbocycles. The maximum absolute atomic E-state index is 12.9. The lowest BCUT2D eigenvalue weighted by atomic mass is 10.1. The van der Waals surface area contributed by atoms with Crippen molar-refractivity contribution in [3.8, 4) is 11.5 Å². The molecule has 1 heterocycles. The number of ether oxygens (including phenoxy) is 2. The lowest BCUT2D eigenvalue weighted by Gasteiger charge is -2.26. The van der Waals surface area contributed by atoms with Crippen molar-refractivity contribution < 1.29 is 28.7 Å². The molecule has 1 fully saturated rings. The molecule has 1 saturated heterocycles. The first-order valence-corrected chi connectivity index (χ1v) is 8.94. The molecular formula is C20H16ClN3O6. The number of methoxy groups -OCH3 is 1. The quantitative estimate of drug-likeness (QED) is 0.533. The van der Waals surface area contributed by atoms with Gasteiger partial charge < -0.3 is 15.2 Å². The van der Waals surface area contributed by atoms with Gasteiger partial charge in [0, 0.05) is 0 Å². The van der Waals surface area contributed by atoms with Crippen LogP contribution in [0.4, 0.5) is 10.5 Å². The molecule has 0 spiro atoms. The number of rotatable bonds is 6. The maximum atomic E-state index is 12.9. The number of amides is 5. The number of carbonyl (C=O) groups excluding carboxylic acids is 4. The number of barbiturate groups is 1. The average Bonchev–Trinajstić information content (AvgIpc) is 2.70. The zero-order chi connectivity index (χ0) is 21.8. The van der Waals surface area contributed by atoms with E-state index in [1.54, 1.807) is 12.1 Å². The number of primary amides is 1. The van der Waals surface area contributed by atoms with E-state index in [0.29, 0.717) is 11.3 Å². The minimum absolute atomic E-state index is 0.150.